The van der Waals surface area contributed by atoms with E-state index in [0.29, 0.717) is 6.17 Å². The second-order valence-corrected chi connectivity index (χ2v) is 5.89. The Morgan fingerprint density at radius 3 is 2.59 bits per heavy atom. The van der Waals surface area contributed by atoms with Gasteiger partial charge in [0.1, 0.15) is 6.17 Å². The van der Waals surface area contributed by atoms with E-state index < -0.39 is 0 Å². The van der Waals surface area contributed by atoms with Crippen LogP contribution in [0.5, 0.6) is 0 Å². The van der Waals surface area contributed by atoms with Crippen LogP contribution in [0.15, 0.2) is 4.99 Å². The molecule has 3 aliphatic rings. The lowest BCUT2D eigenvalue weighted by atomic mass is 10.1. The van der Waals surface area contributed by atoms with Gasteiger partial charge in [-0.25, -0.2) is 4.99 Å². The minimum atomic E-state index is 0.404. The van der Waals surface area contributed by atoms with Crippen LogP contribution >= 0.6 is 11.8 Å². The number of nitrogens with zero attached hydrogens (tertiary/aromatic N) is 3. The molecule has 0 saturated carbocycles. The standard InChI is InChI=1S/C12H21N3OS/c1-2-4-15(5-3-1)12-13-11(10-17-12)14-6-8-16-9-7-14/h11H,1-10H2. The Morgan fingerprint density at radius 1 is 1.06 bits per heavy atom. The predicted molar refractivity (Wildman–Crippen MR) is 71.5 cm³/mol. The Hall–Kier alpha value is -0.260. The first-order valence-corrected chi connectivity index (χ1v) is 7.69. The number of piperidine rings is 1. The molecule has 0 N–H and O–H groups in total. The van der Waals surface area contributed by atoms with Gasteiger partial charge < -0.3 is 9.64 Å². The summed E-state index contributed by atoms with van der Waals surface area (Å²) in [6.07, 6.45) is 4.46. The number of thioether (sulfide) groups is 1. The smallest absolute Gasteiger partial charge is 0.160 e. The Morgan fingerprint density at radius 2 is 1.82 bits per heavy atom. The van der Waals surface area contributed by atoms with Gasteiger partial charge in [-0.3, -0.25) is 4.90 Å². The van der Waals surface area contributed by atoms with Gasteiger partial charge in [-0.2, -0.15) is 0 Å². The fraction of sp³-hybridized carbons (Fsp3) is 0.917. The number of aliphatic imine (C=N–C) groups is 1. The van der Waals surface area contributed by atoms with E-state index in [2.05, 4.69) is 9.80 Å². The van der Waals surface area contributed by atoms with Crippen molar-refractivity contribution in [3.05, 3.63) is 0 Å². The largest absolute Gasteiger partial charge is 0.379 e. The van der Waals surface area contributed by atoms with Crippen LogP contribution in [0.2, 0.25) is 0 Å². The van der Waals surface area contributed by atoms with Crippen LogP contribution < -0.4 is 0 Å². The third kappa shape index (κ3) is 2.77. The van der Waals surface area contributed by atoms with Gasteiger partial charge in [-0.15, -0.1) is 0 Å². The van der Waals surface area contributed by atoms with E-state index >= 15 is 0 Å². The quantitative estimate of drug-likeness (QED) is 0.704. The molecule has 17 heavy (non-hydrogen) atoms. The van der Waals surface area contributed by atoms with Crippen molar-refractivity contribution in [3.8, 4) is 0 Å². The molecule has 96 valence electrons. The second-order valence-electron chi connectivity index (χ2n) is 4.90. The third-order valence-electron chi connectivity index (χ3n) is 3.71. The van der Waals surface area contributed by atoms with Crippen LogP contribution in [-0.4, -0.2) is 66.3 Å². The molecule has 0 amide bonds. The molecule has 2 saturated heterocycles. The molecule has 3 heterocycles. The second kappa shape index (κ2) is 5.59. The molecular weight excluding hydrogens is 234 g/mol. The number of likely N-dealkylation sites (tertiary alicyclic amines) is 1. The van der Waals surface area contributed by atoms with Crippen molar-refractivity contribution in [2.45, 2.75) is 25.4 Å². The maximum Gasteiger partial charge on any atom is 0.160 e. The first-order chi connectivity index (χ1) is 8.43. The summed E-state index contributed by atoms with van der Waals surface area (Å²) >= 11 is 1.94. The Kier molecular flexibility index (Phi) is 3.88. The molecule has 1 atom stereocenters. The van der Waals surface area contributed by atoms with E-state index in [1.165, 1.54) is 37.5 Å². The summed E-state index contributed by atoms with van der Waals surface area (Å²) in [7, 11) is 0. The van der Waals surface area contributed by atoms with E-state index in [-0.39, 0.29) is 0 Å². The van der Waals surface area contributed by atoms with Gasteiger partial charge in [0.15, 0.2) is 5.17 Å². The lowest BCUT2D eigenvalue weighted by molar-refractivity contribution is 0.0232. The fourth-order valence-corrected chi connectivity index (χ4v) is 3.82. The van der Waals surface area contributed by atoms with Crippen molar-refractivity contribution in [2.24, 2.45) is 4.99 Å². The summed E-state index contributed by atoms with van der Waals surface area (Å²) in [6.45, 7) is 6.25. The molecule has 0 bridgehead atoms. The minimum Gasteiger partial charge on any atom is -0.379 e. The van der Waals surface area contributed by atoms with Gasteiger partial charge in [0.2, 0.25) is 0 Å². The number of hydrogen-bond donors (Lipinski definition) is 0. The van der Waals surface area contributed by atoms with Gasteiger partial charge in [0.05, 0.1) is 13.2 Å². The number of rotatable bonds is 1. The van der Waals surface area contributed by atoms with Crippen molar-refractivity contribution in [1.29, 1.82) is 0 Å². The molecule has 2 fully saturated rings. The highest BCUT2D eigenvalue weighted by Gasteiger charge is 2.28. The highest BCUT2D eigenvalue weighted by Crippen LogP contribution is 2.25. The first kappa shape index (κ1) is 11.8. The average molecular weight is 255 g/mol. The molecule has 0 spiro atoms. The molecule has 0 radical (unpaired) electrons. The summed E-state index contributed by atoms with van der Waals surface area (Å²) in [5.41, 5.74) is 0. The highest BCUT2D eigenvalue weighted by molar-refractivity contribution is 8.14. The van der Waals surface area contributed by atoms with Gasteiger partial charge in [-0.1, -0.05) is 11.8 Å². The van der Waals surface area contributed by atoms with E-state index in [1.807, 2.05) is 11.8 Å². The number of morpholine rings is 1. The molecule has 4 nitrogen and oxygen atoms in total. The van der Waals surface area contributed by atoms with Crippen molar-refractivity contribution < 1.29 is 4.74 Å². The van der Waals surface area contributed by atoms with Crippen LogP contribution in [0, 0.1) is 0 Å². The van der Waals surface area contributed by atoms with Crippen molar-refractivity contribution >= 4 is 16.9 Å². The zero-order valence-corrected chi connectivity index (χ0v) is 11.1. The topological polar surface area (TPSA) is 28.1 Å². The first-order valence-electron chi connectivity index (χ1n) is 6.71. The normalized spacial score (nSPS) is 31.6. The molecule has 0 aromatic carbocycles. The van der Waals surface area contributed by atoms with Gasteiger partial charge in [-0.05, 0) is 19.3 Å². The third-order valence-corrected chi connectivity index (χ3v) is 4.80. The van der Waals surface area contributed by atoms with E-state index in [1.54, 1.807) is 0 Å². The summed E-state index contributed by atoms with van der Waals surface area (Å²) in [6, 6.07) is 0. The highest BCUT2D eigenvalue weighted by atomic mass is 32.2. The number of ether oxygens (including phenoxy) is 1. The summed E-state index contributed by atoms with van der Waals surface area (Å²) < 4.78 is 5.40. The minimum absolute atomic E-state index is 0.404. The van der Waals surface area contributed by atoms with Crippen LogP contribution in [0.1, 0.15) is 19.3 Å². The van der Waals surface area contributed by atoms with Gasteiger partial charge in [0.25, 0.3) is 0 Å². The maximum absolute atomic E-state index is 5.40. The van der Waals surface area contributed by atoms with Crippen LogP contribution in [0.4, 0.5) is 0 Å². The summed E-state index contributed by atoms with van der Waals surface area (Å²) in [5.74, 6) is 1.13. The van der Waals surface area contributed by atoms with Crippen LogP contribution in [-0.2, 0) is 4.74 Å². The number of amidine groups is 1. The van der Waals surface area contributed by atoms with E-state index in [4.69, 9.17) is 9.73 Å². The average Bonchev–Trinajstić information content (AvgIpc) is 2.90. The Bertz CT molecular complexity index is 285. The van der Waals surface area contributed by atoms with Crippen molar-refractivity contribution in [1.82, 2.24) is 9.80 Å². The molecule has 3 aliphatic heterocycles. The van der Waals surface area contributed by atoms with Crippen molar-refractivity contribution in [3.63, 3.8) is 0 Å². The predicted octanol–water partition coefficient (Wildman–Crippen LogP) is 1.23. The lowest BCUT2D eigenvalue weighted by Crippen LogP contribution is -2.43. The fourth-order valence-electron chi connectivity index (χ4n) is 2.67. The van der Waals surface area contributed by atoms with Gasteiger partial charge in [0, 0.05) is 31.9 Å². The molecule has 0 aliphatic carbocycles. The summed E-state index contributed by atoms with van der Waals surface area (Å²) in [4.78, 5) is 9.86. The zero-order valence-electron chi connectivity index (χ0n) is 10.3. The van der Waals surface area contributed by atoms with E-state index in [0.717, 1.165) is 32.1 Å². The Labute approximate surface area is 107 Å². The molecule has 0 aromatic rings. The lowest BCUT2D eigenvalue weighted by Gasteiger charge is -2.30. The van der Waals surface area contributed by atoms with Crippen LogP contribution in [0.25, 0.3) is 0 Å². The van der Waals surface area contributed by atoms with Gasteiger partial charge >= 0.3 is 0 Å². The van der Waals surface area contributed by atoms with E-state index in [9.17, 15) is 0 Å². The Balaban J connectivity index is 1.59. The maximum atomic E-state index is 5.40. The van der Waals surface area contributed by atoms with Crippen LogP contribution in [0.3, 0.4) is 0 Å². The number of hydrogen-bond acceptors (Lipinski definition) is 5. The molecular formula is C12H21N3OS. The SMILES string of the molecule is C1CCN(C2=NC(N3CCOCC3)CS2)CC1. The molecule has 5 heteroatoms. The molecule has 1 unspecified atom stereocenters. The zero-order chi connectivity index (χ0) is 11.5. The monoisotopic (exact) mass is 255 g/mol. The molecule has 3 rings (SSSR count). The summed E-state index contributed by atoms with van der Waals surface area (Å²) in [5, 5.41) is 1.29. The van der Waals surface area contributed by atoms with Crippen molar-refractivity contribution in [2.75, 3.05) is 45.1 Å². The molecule has 0 aromatic heterocycles.